The van der Waals surface area contributed by atoms with Crippen molar-refractivity contribution in [3.8, 4) is 0 Å². The fraction of sp³-hybridized carbons (Fsp3) is 0.360. The van der Waals surface area contributed by atoms with Gasteiger partial charge in [-0.3, -0.25) is 19.3 Å². The van der Waals surface area contributed by atoms with Crippen LogP contribution in [-0.4, -0.2) is 41.1 Å². The van der Waals surface area contributed by atoms with Crippen LogP contribution in [0.4, 0.5) is 11.4 Å². The van der Waals surface area contributed by atoms with E-state index >= 15 is 0 Å². The Hall–Kier alpha value is -2.90. The van der Waals surface area contributed by atoms with Crippen LogP contribution in [0.3, 0.4) is 0 Å². The van der Waals surface area contributed by atoms with Crippen LogP contribution in [0.25, 0.3) is 0 Å². The Balaban J connectivity index is 1.40. The molecule has 0 spiro atoms. The predicted molar refractivity (Wildman–Crippen MR) is 129 cm³/mol. The molecule has 0 bridgehead atoms. The minimum Gasteiger partial charge on any atom is -0.452 e. The summed E-state index contributed by atoms with van der Waals surface area (Å²) in [6.45, 7) is 1.56. The van der Waals surface area contributed by atoms with Crippen molar-refractivity contribution in [3.05, 3.63) is 59.7 Å². The summed E-state index contributed by atoms with van der Waals surface area (Å²) >= 11 is 12.4. The number of hydrogen-bond donors (Lipinski definition) is 1. The van der Waals surface area contributed by atoms with Gasteiger partial charge in [0.25, 0.3) is 5.91 Å². The second kappa shape index (κ2) is 10.2. The number of halogens is 2. The van der Waals surface area contributed by atoms with E-state index in [1.54, 1.807) is 24.3 Å². The van der Waals surface area contributed by atoms with Crippen molar-refractivity contribution in [1.29, 1.82) is 0 Å². The number of rotatable bonds is 6. The Bertz CT molecular complexity index is 1090. The summed E-state index contributed by atoms with van der Waals surface area (Å²) in [5, 5.41) is 1.91. The zero-order valence-electron chi connectivity index (χ0n) is 18.5. The van der Waals surface area contributed by atoms with E-state index < -0.39 is 30.3 Å². The molecule has 2 aromatic rings. The SMILES string of the molecule is CCc1ccc(NC(=O)COC(=O)c2cccc(N3C(=O)[C@@H]4C[C@H](Cl)[C@@H](Cl)C[C@H]4C3=O)c2)cc1. The molecule has 7 nitrogen and oxygen atoms in total. The number of alkyl halides is 2. The molecule has 1 aliphatic heterocycles. The lowest BCUT2D eigenvalue weighted by atomic mass is 9.80. The predicted octanol–water partition coefficient (Wildman–Crippen LogP) is 4.16. The second-order valence-electron chi connectivity index (χ2n) is 8.45. The van der Waals surface area contributed by atoms with Gasteiger partial charge in [-0.1, -0.05) is 25.1 Å². The molecule has 2 aliphatic rings. The van der Waals surface area contributed by atoms with Gasteiger partial charge < -0.3 is 10.1 Å². The average Bonchev–Trinajstić information content (AvgIpc) is 3.07. The maximum atomic E-state index is 12.9. The van der Waals surface area contributed by atoms with E-state index in [0.717, 1.165) is 16.9 Å². The zero-order valence-corrected chi connectivity index (χ0v) is 20.0. The summed E-state index contributed by atoms with van der Waals surface area (Å²) in [5.41, 5.74) is 2.14. The van der Waals surface area contributed by atoms with E-state index in [1.807, 2.05) is 19.1 Å². The number of carbonyl (C=O) groups is 4. The first kappa shape index (κ1) is 24.2. The number of anilines is 2. The van der Waals surface area contributed by atoms with Crippen LogP contribution in [0.5, 0.6) is 0 Å². The first-order chi connectivity index (χ1) is 16.3. The fourth-order valence-corrected chi connectivity index (χ4v) is 4.95. The van der Waals surface area contributed by atoms with Gasteiger partial charge in [0.05, 0.1) is 33.8 Å². The highest BCUT2D eigenvalue weighted by Crippen LogP contribution is 2.43. The van der Waals surface area contributed by atoms with E-state index in [0.29, 0.717) is 18.5 Å². The number of nitrogens with zero attached hydrogens (tertiary/aromatic N) is 1. The van der Waals surface area contributed by atoms with Crippen LogP contribution in [-0.2, 0) is 25.5 Å². The Morgan fingerprint density at radius 1 is 1.00 bits per heavy atom. The quantitative estimate of drug-likeness (QED) is 0.363. The molecule has 0 radical (unpaired) electrons. The molecule has 0 unspecified atom stereocenters. The second-order valence-corrected chi connectivity index (χ2v) is 9.57. The number of esters is 1. The van der Waals surface area contributed by atoms with Gasteiger partial charge in [0.2, 0.25) is 11.8 Å². The number of fused-ring (bicyclic) bond motifs is 1. The van der Waals surface area contributed by atoms with Crippen LogP contribution in [0, 0.1) is 11.8 Å². The van der Waals surface area contributed by atoms with Crippen molar-refractivity contribution < 1.29 is 23.9 Å². The third-order valence-electron chi connectivity index (χ3n) is 6.23. The standard InChI is InChI=1S/C25H24Cl2N2O5/c1-2-14-6-8-16(9-7-14)28-22(30)13-34-25(33)15-4-3-5-17(10-15)29-23(31)18-11-20(26)21(27)12-19(18)24(29)32/h3-10,18-21H,2,11-13H2,1H3,(H,28,30)/t18-,19-,20+,21+/m1/s1. The highest BCUT2D eigenvalue weighted by molar-refractivity contribution is 6.31. The summed E-state index contributed by atoms with van der Waals surface area (Å²) in [6, 6.07) is 13.4. The third kappa shape index (κ3) is 4.95. The molecule has 1 N–H and O–H groups in total. The largest absolute Gasteiger partial charge is 0.452 e. The summed E-state index contributed by atoms with van der Waals surface area (Å²) in [6.07, 6.45) is 1.56. The fourth-order valence-electron chi connectivity index (χ4n) is 4.36. The lowest BCUT2D eigenvalue weighted by Gasteiger charge is -2.28. The van der Waals surface area contributed by atoms with Crippen molar-refractivity contribution in [2.75, 3.05) is 16.8 Å². The van der Waals surface area contributed by atoms with E-state index in [1.165, 1.54) is 12.1 Å². The highest BCUT2D eigenvalue weighted by atomic mass is 35.5. The van der Waals surface area contributed by atoms with E-state index in [-0.39, 0.29) is 33.8 Å². The van der Waals surface area contributed by atoms with Crippen molar-refractivity contribution in [3.63, 3.8) is 0 Å². The van der Waals surface area contributed by atoms with Crippen LogP contribution in [0.1, 0.15) is 35.7 Å². The maximum Gasteiger partial charge on any atom is 0.338 e. The normalized spacial score (nSPS) is 24.0. The number of hydrogen-bond acceptors (Lipinski definition) is 5. The van der Waals surface area contributed by atoms with Gasteiger partial charge in [-0.05, 0) is 55.2 Å². The summed E-state index contributed by atoms with van der Waals surface area (Å²) in [4.78, 5) is 51.7. The van der Waals surface area contributed by atoms with Crippen molar-refractivity contribution in [2.45, 2.75) is 36.9 Å². The summed E-state index contributed by atoms with van der Waals surface area (Å²) in [7, 11) is 0. The molecule has 1 heterocycles. The molecule has 4 atom stereocenters. The highest BCUT2D eigenvalue weighted by Gasteiger charge is 2.52. The third-order valence-corrected chi connectivity index (χ3v) is 7.33. The van der Waals surface area contributed by atoms with Crippen molar-refractivity contribution in [1.82, 2.24) is 0 Å². The molecule has 34 heavy (non-hydrogen) atoms. The molecule has 1 aliphatic carbocycles. The Morgan fingerprint density at radius 3 is 2.21 bits per heavy atom. The smallest absolute Gasteiger partial charge is 0.338 e. The van der Waals surface area contributed by atoms with E-state index in [4.69, 9.17) is 27.9 Å². The molecule has 0 aromatic heterocycles. The number of ether oxygens (including phenoxy) is 1. The molecular formula is C25H24Cl2N2O5. The van der Waals surface area contributed by atoms with Crippen LogP contribution in [0.2, 0.25) is 0 Å². The first-order valence-corrected chi connectivity index (χ1v) is 12.0. The number of nitrogens with one attached hydrogen (secondary N) is 1. The average molecular weight is 503 g/mol. The van der Waals surface area contributed by atoms with Gasteiger partial charge in [-0.25, -0.2) is 4.79 Å². The minimum atomic E-state index is -0.739. The number of benzene rings is 2. The minimum absolute atomic E-state index is 0.124. The van der Waals surface area contributed by atoms with Crippen LogP contribution in [0.15, 0.2) is 48.5 Å². The van der Waals surface area contributed by atoms with E-state index in [9.17, 15) is 19.2 Å². The first-order valence-electron chi connectivity index (χ1n) is 11.1. The maximum absolute atomic E-state index is 12.9. The van der Waals surface area contributed by atoms with Crippen molar-refractivity contribution >= 4 is 58.3 Å². The molecule has 3 amide bonds. The molecule has 178 valence electrons. The van der Waals surface area contributed by atoms with Gasteiger partial charge in [0.1, 0.15) is 0 Å². The topological polar surface area (TPSA) is 92.8 Å². The molecular weight excluding hydrogens is 479 g/mol. The Labute approximate surface area is 207 Å². The van der Waals surface area contributed by atoms with Gasteiger partial charge >= 0.3 is 5.97 Å². The summed E-state index contributed by atoms with van der Waals surface area (Å²) < 4.78 is 5.13. The van der Waals surface area contributed by atoms with Gasteiger partial charge in [-0.15, -0.1) is 23.2 Å². The monoisotopic (exact) mass is 502 g/mol. The lowest BCUT2D eigenvalue weighted by Crippen LogP contribution is -2.34. The molecule has 1 saturated carbocycles. The van der Waals surface area contributed by atoms with Crippen LogP contribution >= 0.6 is 23.2 Å². The Kier molecular flexibility index (Phi) is 7.24. The molecule has 4 rings (SSSR count). The molecule has 2 fully saturated rings. The van der Waals surface area contributed by atoms with Gasteiger partial charge in [-0.2, -0.15) is 0 Å². The van der Waals surface area contributed by atoms with E-state index in [2.05, 4.69) is 5.32 Å². The number of aryl methyl sites for hydroxylation is 1. The van der Waals surface area contributed by atoms with Gasteiger partial charge in [0.15, 0.2) is 6.61 Å². The molecule has 9 heteroatoms. The zero-order chi connectivity index (χ0) is 24.4. The van der Waals surface area contributed by atoms with Crippen LogP contribution < -0.4 is 10.2 Å². The number of imide groups is 1. The number of amides is 3. The number of carbonyl (C=O) groups excluding carboxylic acids is 4. The lowest BCUT2D eigenvalue weighted by molar-refractivity contribution is -0.122. The molecule has 2 aromatic carbocycles. The molecule has 1 saturated heterocycles. The summed E-state index contributed by atoms with van der Waals surface area (Å²) in [5.74, 6) is -2.94. The Morgan fingerprint density at radius 2 is 1.62 bits per heavy atom. The van der Waals surface area contributed by atoms with Gasteiger partial charge in [0, 0.05) is 5.69 Å². The van der Waals surface area contributed by atoms with Crippen molar-refractivity contribution in [2.24, 2.45) is 11.8 Å².